The van der Waals surface area contributed by atoms with Gasteiger partial charge < -0.3 is 0 Å². The van der Waals surface area contributed by atoms with E-state index in [-0.39, 0.29) is 3.42 Å². The van der Waals surface area contributed by atoms with Gasteiger partial charge in [0.2, 0.25) is 0 Å². The predicted molar refractivity (Wildman–Crippen MR) is 66.4 cm³/mol. The number of unbranched alkanes of at least 4 members (excludes halogenated alkanes) is 3. The van der Waals surface area contributed by atoms with Crippen molar-refractivity contribution in [2.75, 3.05) is 0 Å². The summed E-state index contributed by atoms with van der Waals surface area (Å²) in [5.41, 5.74) is -1.03. The normalized spacial score (nSPS) is 17.1. The van der Waals surface area contributed by atoms with Gasteiger partial charge in [-0.2, -0.15) is 0 Å². The molecule has 0 saturated carbocycles. The number of alkyl halides is 2. The van der Waals surface area contributed by atoms with Crippen LogP contribution < -0.4 is 0 Å². The summed E-state index contributed by atoms with van der Waals surface area (Å²) in [6, 6.07) is 0. The van der Waals surface area contributed by atoms with Crippen molar-refractivity contribution in [3.8, 4) is 0 Å². The van der Waals surface area contributed by atoms with Gasteiger partial charge in [-0.3, -0.25) is 0 Å². The Bertz CT molecular complexity index is 136. The van der Waals surface area contributed by atoms with Gasteiger partial charge in [-0.05, 0) is 27.2 Å². The van der Waals surface area contributed by atoms with Gasteiger partial charge in [0.15, 0.2) is 0 Å². The summed E-state index contributed by atoms with van der Waals surface area (Å²) in [4.78, 5) is 0. The van der Waals surface area contributed by atoms with Crippen molar-refractivity contribution in [1.29, 1.82) is 0 Å². The molecule has 0 aliphatic rings. The van der Waals surface area contributed by atoms with E-state index >= 15 is 0 Å². The molecule has 0 aromatic carbocycles. The quantitative estimate of drug-likeness (QED) is 0.372. The molecule has 0 nitrogen and oxygen atoms in total. The smallest absolute Gasteiger partial charge is 0.122 e. The van der Waals surface area contributed by atoms with Crippen LogP contribution in [-0.2, 0) is 0 Å². The first-order valence-electron chi connectivity index (χ1n) is 5.19. The van der Waals surface area contributed by atoms with Gasteiger partial charge in [0.1, 0.15) is 5.67 Å². The standard InChI is InChI=1S/C11H22FI/c1-5-6-7-8-9-11(4,12)10(2,3)13/h5-9H2,1-4H3. The molecule has 0 fully saturated rings. The summed E-state index contributed by atoms with van der Waals surface area (Å²) in [5.74, 6) is 0. The highest BCUT2D eigenvalue weighted by Crippen LogP contribution is 2.38. The number of halogens is 2. The van der Waals surface area contributed by atoms with Crippen LogP contribution in [0.1, 0.15) is 59.8 Å². The van der Waals surface area contributed by atoms with Crippen LogP contribution in [0, 0.1) is 0 Å². The molecule has 1 atom stereocenters. The van der Waals surface area contributed by atoms with Crippen LogP contribution in [0.5, 0.6) is 0 Å². The molecule has 13 heavy (non-hydrogen) atoms. The lowest BCUT2D eigenvalue weighted by Crippen LogP contribution is -2.38. The number of hydrogen-bond acceptors (Lipinski definition) is 0. The Morgan fingerprint density at radius 2 is 1.62 bits per heavy atom. The van der Waals surface area contributed by atoms with Crippen molar-refractivity contribution in [1.82, 2.24) is 0 Å². The van der Waals surface area contributed by atoms with Gasteiger partial charge in [0.05, 0.1) is 3.42 Å². The molecule has 80 valence electrons. The van der Waals surface area contributed by atoms with E-state index < -0.39 is 5.67 Å². The Morgan fingerprint density at radius 3 is 2.00 bits per heavy atom. The average molecular weight is 300 g/mol. The van der Waals surface area contributed by atoms with Crippen molar-refractivity contribution in [2.24, 2.45) is 0 Å². The number of rotatable bonds is 6. The Labute approximate surface area is 95.8 Å². The fourth-order valence-corrected chi connectivity index (χ4v) is 1.45. The van der Waals surface area contributed by atoms with Gasteiger partial charge in [-0.25, -0.2) is 4.39 Å². The molecule has 0 aliphatic carbocycles. The third kappa shape index (κ3) is 5.18. The molecule has 0 amide bonds. The third-order valence-corrected chi connectivity index (χ3v) is 3.86. The van der Waals surface area contributed by atoms with Crippen molar-refractivity contribution in [2.45, 2.75) is 68.9 Å². The summed E-state index contributed by atoms with van der Waals surface area (Å²) in [7, 11) is 0. The maximum atomic E-state index is 14.0. The fraction of sp³-hybridized carbons (Fsp3) is 1.00. The zero-order valence-electron chi connectivity index (χ0n) is 9.29. The first-order chi connectivity index (χ1) is 5.81. The average Bonchev–Trinajstić information content (AvgIpc) is 1.96. The largest absolute Gasteiger partial charge is 0.243 e. The van der Waals surface area contributed by atoms with E-state index in [1.54, 1.807) is 6.92 Å². The summed E-state index contributed by atoms with van der Waals surface area (Å²) in [6.07, 6.45) is 5.34. The van der Waals surface area contributed by atoms with Crippen molar-refractivity contribution in [3.63, 3.8) is 0 Å². The van der Waals surface area contributed by atoms with E-state index in [9.17, 15) is 4.39 Å². The zero-order valence-corrected chi connectivity index (χ0v) is 11.4. The monoisotopic (exact) mass is 300 g/mol. The predicted octanol–water partition coefficient (Wildman–Crippen LogP) is 4.90. The lowest BCUT2D eigenvalue weighted by Gasteiger charge is -2.32. The van der Waals surface area contributed by atoms with E-state index in [2.05, 4.69) is 29.5 Å². The zero-order chi connectivity index (χ0) is 10.5. The van der Waals surface area contributed by atoms with Crippen LogP contribution in [0.3, 0.4) is 0 Å². The number of hydrogen-bond donors (Lipinski definition) is 0. The molecular weight excluding hydrogens is 278 g/mol. The van der Waals surface area contributed by atoms with Crippen LogP contribution in [0.15, 0.2) is 0 Å². The summed E-state index contributed by atoms with van der Waals surface area (Å²) >= 11 is 2.21. The van der Waals surface area contributed by atoms with Crippen molar-refractivity contribution >= 4 is 22.6 Å². The minimum atomic E-state index is -1.03. The van der Waals surface area contributed by atoms with Crippen LogP contribution in [-0.4, -0.2) is 9.09 Å². The van der Waals surface area contributed by atoms with Crippen molar-refractivity contribution in [3.05, 3.63) is 0 Å². The minimum absolute atomic E-state index is 0.253. The van der Waals surface area contributed by atoms with Crippen LogP contribution in [0.25, 0.3) is 0 Å². The maximum Gasteiger partial charge on any atom is 0.122 e. The van der Waals surface area contributed by atoms with Crippen LogP contribution in [0.4, 0.5) is 4.39 Å². The highest BCUT2D eigenvalue weighted by molar-refractivity contribution is 14.1. The van der Waals surface area contributed by atoms with E-state index in [1.807, 2.05) is 13.8 Å². The Balaban J connectivity index is 3.77. The Morgan fingerprint density at radius 1 is 1.08 bits per heavy atom. The first kappa shape index (κ1) is 13.7. The first-order valence-corrected chi connectivity index (χ1v) is 6.27. The lowest BCUT2D eigenvalue weighted by molar-refractivity contribution is 0.136. The van der Waals surface area contributed by atoms with E-state index in [0.717, 1.165) is 6.42 Å². The molecule has 0 saturated heterocycles. The SMILES string of the molecule is CCCCCCC(C)(F)C(C)(C)I. The third-order valence-electron chi connectivity index (χ3n) is 2.74. The lowest BCUT2D eigenvalue weighted by atomic mass is 9.89. The second-order valence-corrected chi connectivity index (χ2v) is 7.18. The van der Waals surface area contributed by atoms with E-state index in [1.165, 1.54) is 19.3 Å². The second-order valence-electron chi connectivity index (χ2n) is 4.48. The maximum absolute atomic E-state index is 14.0. The van der Waals surface area contributed by atoms with Gasteiger partial charge >= 0.3 is 0 Å². The molecule has 0 aliphatic heterocycles. The molecule has 0 N–H and O–H groups in total. The van der Waals surface area contributed by atoms with E-state index in [4.69, 9.17) is 0 Å². The summed E-state index contributed by atoms with van der Waals surface area (Å²) in [5, 5.41) is 0. The van der Waals surface area contributed by atoms with Gasteiger partial charge in [-0.1, -0.05) is 55.2 Å². The van der Waals surface area contributed by atoms with Gasteiger partial charge in [0, 0.05) is 0 Å². The van der Waals surface area contributed by atoms with Gasteiger partial charge in [-0.15, -0.1) is 0 Å². The Kier molecular flexibility index (Phi) is 5.80. The minimum Gasteiger partial charge on any atom is -0.243 e. The van der Waals surface area contributed by atoms with Crippen molar-refractivity contribution < 1.29 is 4.39 Å². The second kappa shape index (κ2) is 5.52. The molecule has 0 aromatic heterocycles. The molecule has 1 unspecified atom stereocenters. The molecule has 0 heterocycles. The molecule has 0 radical (unpaired) electrons. The molecule has 0 aromatic rings. The molecule has 0 rings (SSSR count). The summed E-state index contributed by atoms with van der Waals surface area (Å²) < 4.78 is 13.8. The van der Waals surface area contributed by atoms with Crippen LogP contribution >= 0.6 is 22.6 Å². The highest BCUT2D eigenvalue weighted by Gasteiger charge is 2.38. The topological polar surface area (TPSA) is 0 Å². The highest BCUT2D eigenvalue weighted by atomic mass is 127. The Hall–Kier alpha value is 0.660. The molecule has 2 heteroatoms. The fourth-order valence-electron chi connectivity index (χ4n) is 1.18. The van der Waals surface area contributed by atoms with Crippen LogP contribution in [0.2, 0.25) is 0 Å². The molecule has 0 bridgehead atoms. The molecule has 0 spiro atoms. The van der Waals surface area contributed by atoms with Gasteiger partial charge in [0.25, 0.3) is 0 Å². The molecular formula is C11H22FI. The van der Waals surface area contributed by atoms with E-state index in [0.29, 0.717) is 6.42 Å². The summed E-state index contributed by atoms with van der Waals surface area (Å²) in [6.45, 7) is 7.84.